The summed E-state index contributed by atoms with van der Waals surface area (Å²) in [7, 11) is 0. The summed E-state index contributed by atoms with van der Waals surface area (Å²) in [5.41, 5.74) is 3.08. The third kappa shape index (κ3) is 5.40. The van der Waals surface area contributed by atoms with E-state index < -0.39 is 11.1 Å². The molecule has 166 valence electrons. The van der Waals surface area contributed by atoms with Gasteiger partial charge >= 0.3 is 0 Å². The average Bonchev–Trinajstić information content (AvgIpc) is 3.06. The van der Waals surface area contributed by atoms with Crippen molar-refractivity contribution < 1.29 is 19.1 Å². The van der Waals surface area contributed by atoms with Gasteiger partial charge in [-0.15, -0.1) is 0 Å². The molecule has 2 aliphatic rings. The van der Waals surface area contributed by atoms with E-state index in [2.05, 4.69) is 6.07 Å². The number of carbonyl (C=O) groups is 3. The maximum absolute atomic E-state index is 12.7. The fourth-order valence-corrected chi connectivity index (χ4v) is 4.63. The van der Waals surface area contributed by atoms with Crippen LogP contribution >= 0.6 is 11.8 Å². The predicted molar refractivity (Wildman–Crippen MR) is 125 cm³/mol. The summed E-state index contributed by atoms with van der Waals surface area (Å²) in [5.74, 6) is 0.150. The number of imide groups is 1. The molecule has 32 heavy (non-hydrogen) atoms. The molecular weight excluding hydrogens is 424 g/mol. The van der Waals surface area contributed by atoms with E-state index in [4.69, 9.17) is 4.74 Å². The number of ether oxygens (including phenoxy) is 1. The molecule has 2 heterocycles. The first kappa shape index (κ1) is 22.1. The van der Waals surface area contributed by atoms with Gasteiger partial charge < -0.3 is 9.64 Å². The van der Waals surface area contributed by atoms with Crippen LogP contribution in [0.1, 0.15) is 36.0 Å². The zero-order valence-electron chi connectivity index (χ0n) is 18.1. The summed E-state index contributed by atoms with van der Waals surface area (Å²) in [6.07, 6.45) is 4.74. The molecule has 3 amide bonds. The number of hydrogen-bond donors (Lipinski definition) is 0. The number of aryl methyl sites for hydroxylation is 1. The molecule has 0 spiro atoms. The van der Waals surface area contributed by atoms with E-state index in [1.165, 1.54) is 5.56 Å². The first-order valence-electron chi connectivity index (χ1n) is 10.8. The molecule has 0 N–H and O–H groups in total. The number of carbonyl (C=O) groups excluding carboxylic acids is 3. The van der Waals surface area contributed by atoms with E-state index in [0.29, 0.717) is 24.6 Å². The highest BCUT2D eigenvalue weighted by Crippen LogP contribution is 2.32. The normalized spacial score (nSPS) is 17.8. The van der Waals surface area contributed by atoms with Crippen LogP contribution in [0.2, 0.25) is 0 Å². The lowest BCUT2D eigenvalue weighted by atomic mass is 10.1. The Balaban J connectivity index is 1.36. The van der Waals surface area contributed by atoms with Gasteiger partial charge in [0.1, 0.15) is 18.9 Å². The van der Waals surface area contributed by atoms with Crippen LogP contribution in [-0.4, -0.2) is 46.5 Å². The smallest absolute Gasteiger partial charge is 0.294 e. The Morgan fingerprint density at radius 1 is 1.06 bits per heavy atom. The molecule has 0 atom stereocenters. The molecule has 2 saturated heterocycles. The van der Waals surface area contributed by atoms with E-state index in [1.54, 1.807) is 11.0 Å². The minimum atomic E-state index is -0.412. The highest BCUT2D eigenvalue weighted by Gasteiger charge is 2.37. The van der Waals surface area contributed by atoms with Gasteiger partial charge in [0.2, 0.25) is 5.91 Å². The molecule has 6 nitrogen and oxygen atoms in total. The highest BCUT2D eigenvalue weighted by atomic mass is 32.2. The van der Waals surface area contributed by atoms with Crippen molar-refractivity contribution in [1.29, 1.82) is 0 Å². The van der Waals surface area contributed by atoms with Gasteiger partial charge in [-0.1, -0.05) is 42.0 Å². The maximum atomic E-state index is 12.7. The molecule has 0 aromatic heterocycles. The molecule has 2 aliphatic heterocycles. The van der Waals surface area contributed by atoms with E-state index in [1.807, 2.05) is 49.4 Å². The van der Waals surface area contributed by atoms with Crippen molar-refractivity contribution in [2.24, 2.45) is 0 Å². The number of amides is 3. The second-order valence-electron chi connectivity index (χ2n) is 8.06. The summed E-state index contributed by atoms with van der Waals surface area (Å²) in [5, 5.41) is -0.398. The number of hydrogen-bond acceptors (Lipinski definition) is 5. The molecule has 0 bridgehead atoms. The number of thioether (sulfide) groups is 1. The fraction of sp³-hybridized carbons (Fsp3) is 0.320. The van der Waals surface area contributed by atoms with Crippen LogP contribution in [0.5, 0.6) is 5.75 Å². The van der Waals surface area contributed by atoms with E-state index in [9.17, 15) is 14.4 Å². The average molecular weight is 451 g/mol. The van der Waals surface area contributed by atoms with Gasteiger partial charge in [-0.2, -0.15) is 0 Å². The molecule has 2 aromatic rings. The highest BCUT2D eigenvalue weighted by molar-refractivity contribution is 8.18. The Labute approximate surface area is 192 Å². The van der Waals surface area contributed by atoms with Crippen molar-refractivity contribution in [3.05, 3.63) is 70.1 Å². The largest absolute Gasteiger partial charge is 0.489 e. The van der Waals surface area contributed by atoms with Crippen LogP contribution in [0.3, 0.4) is 0 Å². The molecule has 7 heteroatoms. The molecule has 0 aliphatic carbocycles. The van der Waals surface area contributed by atoms with Crippen LogP contribution in [0.15, 0.2) is 53.4 Å². The summed E-state index contributed by atoms with van der Waals surface area (Å²) in [6, 6.07) is 15.5. The standard InChI is InChI=1S/C25H26N2O4S/c1-18-6-5-7-20(14-18)17-31-21-10-8-19(9-11-21)15-22-24(29)27(25(30)32-22)16-23(28)26-12-3-2-4-13-26/h5-11,14-15H,2-4,12-13,16-17H2,1H3/b22-15+. The predicted octanol–water partition coefficient (Wildman–Crippen LogP) is 4.62. The van der Waals surface area contributed by atoms with Crippen molar-refractivity contribution in [2.75, 3.05) is 19.6 Å². The maximum Gasteiger partial charge on any atom is 0.294 e. The van der Waals surface area contributed by atoms with Crippen molar-refractivity contribution in [3.8, 4) is 5.75 Å². The minimum absolute atomic E-state index is 0.164. The quantitative estimate of drug-likeness (QED) is 0.601. The number of piperidine rings is 1. The molecule has 2 aromatic carbocycles. The van der Waals surface area contributed by atoms with Crippen LogP contribution in [0, 0.1) is 6.92 Å². The number of rotatable bonds is 6. The fourth-order valence-electron chi connectivity index (χ4n) is 3.80. The van der Waals surface area contributed by atoms with Crippen LogP contribution in [0.25, 0.3) is 6.08 Å². The molecule has 0 unspecified atom stereocenters. The molecule has 2 fully saturated rings. The minimum Gasteiger partial charge on any atom is -0.489 e. The number of benzene rings is 2. The summed E-state index contributed by atoms with van der Waals surface area (Å²) in [6.45, 7) is 3.73. The Bertz CT molecular complexity index is 1040. The zero-order chi connectivity index (χ0) is 22.5. The Morgan fingerprint density at radius 3 is 2.53 bits per heavy atom. The van der Waals surface area contributed by atoms with Crippen LogP contribution < -0.4 is 4.74 Å². The van der Waals surface area contributed by atoms with E-state index >= 15 is 0 Å². The van der Waals surface area contributed by atoms with Gasteiger partial charge in [-0.3, -0.25) is 19.3 Å². The molecule has 0 radical (unpaired) electrons. The van der Waals surface area contributed by atoms with Gasteiger partial charge in [0.25, 0.3) is 11.1 Å². The molecule has 0 saturated carbocycles. The van der Waals surface area contributed by atoms with Crippen molar-refractivity contribution in [1.82, 2.24) is 9.80 Å². The summed E-state index contributed by atoms with van der Waals surface area (Å²) >= 11 is 0.875. The number of likely N-dealkylation sites (tertiary alicyclic amines) is 1. The third-order valence-corrected chi connectivity index (χ3v) is 6.45. The summed E-state index contributed by atoms with van der Waals surface area (Å²) < 4.78 is 5.83. The van der Waals surface area contributed by atoms with Gasteiger partial charge in [-0.25, -0.2) is 0 Å². The van der Waals surface area contributed by atoms with Gasteiger partial charge in [0.05, 0.1) is 4.91 Å². The van der Waals surface area contributed by atoms with Crippen molar-refractivity contribution >= 4 is 34.9 Å². The Morgan fingerprint density at radius 2 is 1.81 bits per heavy atom. The topological polar surface area (TPSA) is 66.9 Å². The Hall–Kier alpha value is -3.06. The monoisotopic (exact) mass is 450 g/mol. The van der Waals surface area contributed by atoms with Crippen LogP contribution in [0.4, 0.5) is 4.79 Å². The van der Waals surface area contributed by atoms with Crippen molar-refractivity contribution in [3.63, 3.8) is 0 Å². The molecular formula is C25H26N2O4S. The first-order valence-corrected chi connectivity index (χ1v) is 11.6. The summed E-state index contributed by atoms with van der Waals surface area (Å²) in [4.78, 5) is 40.6. The lowest BCUT2D eigenvalue weighted by Crippen LogP contribution is -2.44. The van der Waals surface area contributed by atoms with Gasteiger partial charge in [0.15, 0.2) is 0 Å². The van der Waals surface area contributed by atoms with E-state index in [0.717, 1.165) is 52.8 Å². The first-order chi connectivity index (χ1) is 15.5. The van der Waals surface area contributed by atoms with Gasteiger partial charge in [0, 0.05) is 13.1 Å². The lowest BCUT2D eigenvalue weighted by Gasteiger charge is -2.27. The second kappa shape index (κ2) is 10.0. The second-order valence-corrected chi connectivity index (χ2v) is 9.05. The van der Waals surface area contributed by atoms with E-state index in [-0.39, 0.29) is 12.5 Å². The lowest BCUT2D eigenvalue weighted by molar-refractivity contribution is -0.136. The Kier molecular flexibility index (Phi) is 6.95. The van der Waals surface area contributed by atoms with Crippen molar-refractivity contribution in [2.45, 2.75) is 32.8 Å². The zero-order valence-corrected chi connectivity index (χ0v) is 18.9. The molecule has 4 rings (SSSR count). The van der Waals surface area contributed by atoms with Crippen LogP contribution in [-0.2, 0) is 16.2 Å². The number of nitrogens with zero attached hydrogens (tertiary/aromatic N) is 2. The van der Waals surface area contributed by atoms with Gasteiger partial charge in [-0.05, 0) is 67.3 Å². The SMILES string of the molecule is Cc1cccc(COc2ccc(/C=C3/SC(=O)N(CC(=O)N4CCCCC4)C3=O)cc2)c1. The third-order valence-electron chi connectivity index (χ3n) is 5.54.